The van der Waals surface area contributed by atoms with Crippen LogP contribution in [0.4, 0.5) is 4.79 Å². The number of ether oxygens (including phenoxy) is 2. The van der Waals surface area contributed by atoms with Crippen molar-refractivity contribution in [3.05, 3.63) is 29.3 Å². The Morgan fingerprint density at radius 3 is 2.50 bits per heavy atom. The number of carbonyl (C=O) groups is 3. The summed E-state index contributed by atoms with van der Waals surface area (Å²) >= 11 is 0. The van der Waals surface area contributed by atoms with Gasteiger partial charge in [0.15, 0.2) is 0 Å². The predicted molar refractivity (Wildman–Crippen MR) is 96.9 cm³/mol. The van der Waals surface area contributed by atoms with Crippen molar-refractivity contribution in [2.75, 3.05) is 20.8 Å². The second-order valence-electron chi connectivity index (χ2n) is 5.94. The summed E-state index contributed by atoms with van der Waals surface area (Å²) in [5, 5.41) is 2.22. The van der Waals surface area contributed by atoms with Gasteiger partial charge in [-0.1, -0.05) is 26.2 Å². The predicted octanol–water partition coefficient (Wildman–Crippen LogP) is 2.75. The van der Waals surface area contributed by atoms with Gasteiger partial charge in [-0.05, 0) is 24.6 Å². The molecular formula is C19H24N2O5. The number of unbranched alkanes of at least 4 members (excludes halogenated alkanes) is 3. The van der Waals surface area contributed by atoms with E-state index < -0.39 is 17.8 Å². The summed E-state index contributed by atoms with van der Waals surface area (Å²) in [6.07, 6.45) is 5.16. The summed E-state index contributed by atoms with van der Waals surface area (Å²) < 4.78 is 10.4. The average Bonchev–Trinajstić information content (AvgIpc) is 2.64. The molecule has 0 aliphatic carbocycles. The van der Waals surface area contributed by atoms with E-state index in [1.165, 1.54) is 20.3 Å². The van der Waals surface area contributed by atoms with Gasteiger partial charge in [-0.15, -0.1) is 0 Å². The van der Waals surface area contributed by atoms with Gasteiger partial charge in [-0.2, -0.15) is 0 Å². The highest BCUT2D eigenvalue weighted by Crippen LogP contribution is 2.27. The maximum Gasteiger partial charge on any atom is 0.331 e. The van der Waals surface area contributed by atoms with Crippen molar-refractivity contribution >= 4 is 23.9 Å². The van der Waals surface area contributed by atoms with Crippen LogP contribution in [0.5, 0.6) is 11.5 Å². The second-order valence-corrected chi connectivity index (χ2v) is 5.94. The molecule has 1 heterocycles. The third-order valence-corrected chi connectivity index (χ3v) is 4.16. The average molecular weight is 360 g/mol. The van der Waals surface area contributed by atoms with Crippen molar-refractivity contribution in [3.8, 4) is 11.5 Å². The van der Waals surface area contributed by atoms with Crippen LogP contribution in [-0.2, 0) is 9.59 Å². The molecule has 26 heavy (non-hydrogen) atoms. The van der Waals surface area contributed by atoms with E-state index in [1.807, 2.05) is 0 Å². The molecule has 140 valence electrons. The summed E-state index contributed by atoms with van der Waals surface area (Å²) in [5.41, 5.74) is 0.454. The van der Waals surface area contributed by atoms with Crippen molar-refractivity contribution < 1.29 is 23.9 Å². The smallest absolute Gasteiger partial charge is 0.331 e. The molecule has 0 spiro atoms. The molecule has 0 aromatic heterocycles. The van der Waals surface area contributed by atoms with Crippen molar-refractivity contribution in [2.45, 2.75) is 32.6 Å². The molecule has 1 aromatic rings. The molecule has 0 bridgehead atoms. The number of hydrogen-bond acceptors (Lipinski definition) is 5. The van der Waals surface area contributed by atoms with Gasteiger partial charge >= 0.3 is 6.03 Å². The highest BCUT2D eigenvalue weighted by molar-refractivity contribution is 6.31. The number of rotatable bonds is 8. The Bertz CT molecular complexity index is 727. The topological polar surface area (TPSA) is 84.9 Å². The molecule has 1 aliphatic rings. The fraction of sp³-hybridized carbons (Fsp3) is 0.421. The van der Waals surface area contributed by atoms with E-state index in [0.717, 1.165) is 24.2 Å². The van der Waals surface area contributed by atoms with Crippen LogP contribution in [0, 0.1) is 0 Å². The molecule has 0 atom stereocenters. The van der Waals surface area contributed by atoms with Gasteiger partial charge in [-0.25, -0.2) is 4.79 Å². The Morgan fingerprint density at radius 2 is 1.85 bits per heavy atom. The minimum atomic E-state index is -0.706. The molecule has 0 unspecified atom stereocenters. The van der Waals surface area contributed by atoms with Crippen molar-refractivity contribution in [3.63, 3.8) is 0 Å². The zero-order valence-corrected chi connectivity index (χ0v) is 15.3. The highest BCUT2D eigenvalue weighted by atomic mass is 16.5. The molecule has 7 nitrogen and oxygen atoms in total. The van der Waals surface area contributed by atoms with Crippen LogP contribution in [0.2, 0.25) is 0 Å². The van der Waals surface area contributed by atoms with Crippen LogP contribution < -0.4 is 14.8 Å². The van der Waals surface area contributed by atoms with E-state index >= 15 is 0 Å². The summed E-state index contributed by atoms with van der Waals surface area (Å²) in [6, 6.07) is 4.38. The van der Waals surface area contributed by atoms with E-state index in [4.69, 9.17) is 9.47 Å². The number of carbonyl (C=O) groups excluding carboxylic acids is 3. The Hall–Kier alpha value is -2.83. The molecule has 0 radical (unpaired) electrons. The first-order chi connectivity index (χ1) is 12.5. The first-order valence-corrected chi connectivity index (χ1v) is 8.62. The van der Waals surface area contributed by atoms with Gasteiger partial charge in [0.2, 0.25) is 0 Å². The van der Waals surface area contributed by atoms with Gasteiger partial charge in [0.1, 0.15) is 17.1 Å². The van der Waals surface area contributed by atoms with E-state index in [1.54, 1.807) is 18.2 Å². The standard InChI is InChI=1S/C19H24N2O5/c1-4-5-6-7-10-21-18(23)15(17(22)20-19(21)24)11-13-8-9-14(25-2)12-16(13)26-3/h8-9,11-12H,4-7,10H2,1-3H3,(H,20,22,24)/b15-11-. The van der Waals surface area contributed by atoms with Gasteiger partial charge in [-0.3, -0.25) is 19.8 Å². The number of benzene rings is 1. The van der Waals surface area contributed by atoms with E-state index in [0.29, 0.717) is 23.5 Å². The summed E-state index contributed by atoms with van der Waals surface area (Å²) in [5.74, 6) is -0.240. The zero-order valence-electron chi connectivity index (χ0n) is 15.3. The molecule has 1 saturated heterocycles. The normalized spacial score (nSPS) is 16.0. The molecule has 1 aliphatic heterocycles. The number of barbiturate groups is 1. The van der Waals surface area contributed by atoms with Gasteiger partial charge in [0.25, 0.3) is 11.8 Å². The molecule has 0 saturated carbocycles. The lowest BCUT2D eigenvalue weighted by atomic mass is 10.1. The minimum Gasteiger partial charge on any atom is -0.497 e. The summed E-state index contributed by atoms with van der Waals surface area (Å²) in [7, 11) is 3.02. The lowest BCUT2D eigenvalue weighted by Gasteiger charge is -2.26. The maximum absolute atomic E-state index is 12.6. The van der Waals surface area contributed by atoms with E-state index in [9.17, 15) is 14.4 Å². The largest absolute Gasteiger partial charge is 0.497 e. The fourth-order valence-corrected chi connectivity index (χ4v) is 2.69. The number of urea groups is 1. The van der Waals surface area contributed by atoms with Crippen LogP contribution in [0.3, 0.4) is 0 Å². The van der Waals surface area contributed by atoms with Crippen LogP contribution >= 0.6 is 0 Å². The molecule has 2 rings (SSSR count). The second kappa shape index (κ2) is 9.03. The summed E-state index contributed by atoms with van der Waals surface area (Å²) in [6.45, 7) is 2.37. The number of nitrogens with zero attached hydrogens (tertiary/aromatic N) is 1. The lowest BCUT2D eigenvalue weighted by Crippen LogP contribution is -2.54. The molecule has 1 aromatic carbocycles. The first-order valence-electron chi connectivity index (χ1n) is 8.62. The first kappa shape index (κ1) is 19.5. The van der Waals surface area contributed by atoms with Crippen LogP contribution in [0.25, 0.3) is 6.08 Å². The minimum absolute atomic E-state index is 0.0939. The van der Waals surface area contributed by atoms with E-state index in [-0.39, 0.29) is 12.1 Å². The summed E-state index contributed by atoms with van der Waals surface area (Å²) in [4.78, 5) is 37.9. The molecule has 1 N–H and O–H groups in total. The van der Waals surface area contributed by atoms with Crippen LogP contribution in [-0.4, -0.2) is 43.5 Å². The maximum atomic E-state index is 12.6. The number of methoxy groups -OCH3 is 2. The molecular weight excluding hydrogens is 336 g/mol. The highest BCUT2D eigenvalue weighted by Gasteiger charge is 2.35. The van der Waals surface area contributed by atoms with Crippen molar-refractivity contribution in [1.82, 2.24) is 10.2 Å². The van der Waals surface area contributed by atoms with Crippen LogP contribution in [0.15, 0.2) is 23.8 Å². The van der Waals surface area contributed by atoms with Crippen molar-refractivity contribution in [2.24, 2.45) is 0 Å². The van der Waals surface area contributed by atoms with Crippen LogP contribution in [0.1, 0.15) is 38.2 Å². The zero-order chi connectivity index (χ0) is 19.1. The van der Waals surface area contributed by atoms with E-state index in [2.05, 4.69) is 12.2 Å². The lowest BCUT2D eigenvalue weighted by molar-refractivity contribution is -0.130. The third-order valence-electron chi connectivity index (χ3n) is 4.16. The number of hydrogen-bond donors (Lipinski definition) is 1. The Labute approximate surface area is 153 Å². The molecule has 7 heteroatoms. The number of amides is 4. The van der Waals surface area contributed by atoms with Crippen molar-refractivity contribution in [1.29, 1.82) is 0 Å². The van der Waals surface area contributed by atoms with Gasteiger partial charge < -0.3 is 9.47 Å². The Kier molecular flexibility index (Phi) is 6.77. The quantitative estimate of drug-likeness (QED) is 0.438. The third kappa shape index (κ3) is 4.41. The Balaban J connectivity index is 2.26. The van der Waals surface area contributed by atoms with Gasteiger partial charge in [0, 0.05) is 18.2 Å². The molecule has 4 amide bonds. The SMILES string of the molecule is CCCCCCN1C(=O)NC(=O)/C(=C/c2ccc(OC)cc2OC)C1=O. The number of imide groups is 2. The number of nitrogens with one attached hydrogen (secondary N) is 1. The monoisotopic (exact) mass is 360 g/mol. The molecule has 1 fully saturated rings. The fourth-order valence-electron chi connectivity index (χ4n) is 2.69. The Morgan fingerprint density at radius 1 is 1.08 bits per heavy atom. The van der Waals surface area contributed by atoms with Gasteiger partial charge in [0.05, 0.1) is 14.2 Å².